The van der Waals surface area contributed by atoms with E-state index >= 15 is 0 Å². The van der Waals surface area contributed by atoms with E-state index in [1.807, 2.05) is 6.92 Å². The summed E-state index contributed by atoms with van der Waals surface area (Å²) in [4.78, 5) is 0. The van der Waals surface area contributed by atoms with Gasteiger partial charge >= 0.3 is 0 Å². The first-order valence-electron chi connectivity index (χ1n) is 2.27. The Bertz CT molecular complexity index is 67.3. The van der Waals surface area contributed by atoms with E-state index in [-0.39, 0.29) is 0 Å². The maximum Gasteiger partial charge on any atom is 0.129 e. The van der Waals surface area contributed by atoms with Gasteiger partial charge in [-0.3, -0.25) is 5.41 Å². The minimum Gasteiger partial charge on any atom is -0.288 e. The smallest absolute Gasteiger partial charge is 0.129 e. The molecule has 40 valence electrons. The first-order chi connectivity index (χ1) is 3.41. The molecule has 7 heavy (non-hydrogen) atoms. The van der Waals surface area contributed by atoms with Crippen molar-refractivity contribution in [2.45, 2.75) is 13.3 Å². The number of hydrogen-bond acceptors (Lipinski definition) is 2. The van der Waals surface area contributed by atoms with Crippen molar-refractivity contribution in [3.63, 3.8) is 0 Å². The predicted molar refractivity (Wildman–Crippen MR) is 28.8 cm³/mol. The molecule has 0 aliphatic carbocycles. The van der Waals surface area contributed by atoms with Gasteiger partial charge in [-0.05, 0) is 6.42 Å². The van der Waals surface area contributed by atoms with E-state index in [1.165, 1.54) is 0 Å². The molecule has 0 heterocycles. The van der Waals surface area contributed by atoms with Crippen LogP contribution in [-0.4, -0.2) is 12.9 Å². The Morgan fingerprint density at radius 3 is 2.86 bits per heavy atom. The van der Waals surface area contributed by atoms with E-state index in [2.05, 4.69) is 10.2 Å². The molecular weight excluding hydrogens is 90.1 g/mol. The normalized spacial score (nSPS) is 9.86. The summed E-state index contributed by atoms with van der Waals surface area (Å²) in [6, 6.07) is 0. The van der Waals surface area contributed by atoms with Crippen LogP contribution in [-0.2, 0) is 0 Å². The maximum atomic E-state index is 6.40. The van der Waals surface area contributed by atoms with E-state index < -0.39 is 0 Å². The van der Waals surface area contributed by atoms with Gasteiger partial charge < -0.3 is 0 Å². The van der Waals surface area contributed by atoms with Gasteiger partial charge in [0.15, 0.2) is 0 Å². The lowest BCUT2D eigenvalue weighted by Gasteiger charge is -1.76. The number of hydrogen-bond donors (Lipinski definition) is 1. The van der Waals surface area contributed by atoms with Crippen molar-refractivity contribution in [1.29, 1.82) is 5.41 Å². The number of rotatable bonds is 3. The summed E-state index contributed by atoms with van der Waals surface area (Å²) in [6.07, 6.45) is 1.94. The second-order valence-corrected chi connectivity index (χ2v) is 1.11. The topological polar surface area (TPSA) is 48.6 Å². The molecule has 0 unspecified atom stereocenters. The zero-order chi connectivity index (χ0) is 5.54. The molecule has 0 aliphatic rings. The Morgan fingerprint density at radius 2 is 2.43 bits per heavy atom. The highest BCUT2D eigenvalue weighted by molar-refractivity contribution is 5.49. The van der Waals surface area contributed by atoms with Gasteiger partial charge in [-0.1, -0.05) is 6.92 Å². The molecule has 0 atom stereocenters. The SMILES string of the molecule is CCCN=NC=N. The summed E-state index contributed by atoms with van der Waals surface area (Å²) in [7, 11) is 0. The molecule has 0 spiro atoms. The predicted octanol–water partition coefficient (Wildman–Crippen LogP) is 1.46. The molecule has 0 fully saturated rings. The lowest BCUT2D eigenvalue weighted by atomic mass is 10.5. The minimum atomic E-state index is 0.732. The summed E-state index contributed by atoms with van der Waals surface area (Å²) in [5, 5.41) is 13.3. The molecule has 0 saturated carbocycles. The van der Waals surface area contributed by atoms with Crippen LogP contribution in [0.15, 0.2) is 10.2 Å². The molecule has 0 aromatic heterocycles. The van der Waals surface area contributed by atoms with Gasteiger partial charge in [0.2, 0.25) is 0 Å². The van der Waals surface area contributed by atoms with Gasteiger partial charge in [0, 0.05) is 0 Å². The Morgan fingerprint density at radius 1 is 1.71 bits per heavy atom. The van der Waals surface area contributed by atoms with Crippen LogP contribution in [0.5, 0.6) is 0 Å². The van der Waals surface area contributed by atoms with E-state index in [0.717, 1.165) is 19.3 Å². The fraction of sp³-hybridized carbons (Fsp3) is 0.750. The molecule has 0 bridgehead atoms. The quantitative estimate of drug-likeness (QED) is 0.316. The maximum absolute atomic E-state index is 6.40. The summed E-state index contributed by atoms with van der Waals surface area (Å²) in [6.45, 7) is 2.75. The van der Waals surface area contributed by atoms with Gasteiger partial charge in [0.1, 0.15) is 6.34 Å². The first kappa shape index (κ1) is 6.27. The monoisotopic (exact) mass is 99.1 g/mol. The second-order valence-electron chi connectivity index (χ2n) is 1.11. The standard InChI is InChI=1S/C4H9N3/c1-2-3-6-7-4-5/h4-5H,2-3H2,1H3. The van der Waals surface area contributed by atoms with Crippen LogP contribution in [0.1, 0.15) is 13.3 Å². The molecule has 0 aromatic rings. The van der Waals surface area contributed by atoms with Crippen LogP contribution in [0.25, 0.3) is 0 Å². The number of azo groups is 1. The highest BCUT2D eigenvalue weighted by atomic mass is 15.1. The first-order valence-corrected chi connectivity index (χ1v) is 2.27. The van der Waals surface area contributed by atoms with Crippen LogP contribution >= 0.6 is 0 Å². The summed E-state index contributed by atoms with van der Waals surface area (Å²) >= 11 is 0. The number of nitrogens with zero attached hydrogens (tertiary/aromatic N) is 2. The van der Waals surface area contributed by atoms with Gasteiger partial charge in [-0.25, -0.2) is 0 Å². The summed E-state index contributed by atoms with van der Waals surface area (Å²) in [5.41, 5.74) is 0. The van der Waals surface area contributed by atoms with Crippen molar-refractivity contribution in [1.82, 2.24) is 0 Å². The van der Waals surface area contributed by atoms with Gasteiger partial charge in [-0.15, -0.1) is 5.11 Å². The fourth-order valence-corrected chi connectivity index (χ4v) is 0.199. The molecule has 1 N–H and O–H groups in total. The van der Waals surface area contributed by atoms with E-state index in [0.29, 0.717) is 0 Å². The highest BCUT2D eigenvalue weighted by Gasteiger charge is 1.67. The number of nitrogens with one attached hydrogen (secondary N) is 1. The van der Waals surface area contributed by atoms with Crippen LogP contribution in [0.2, 0.25) is 0 Å². The van der Waals surface area contributed by atoms with Crippen molar-refractivity contribution < 1.29 is 0 Å². The van der Waals surface area contributed by atoms with E-state index in [1.54, 1.807) is 0 Å². The van der Waals surface area contributed by atoms with Gasteiger partial charge in [0.05, 0.1) is 6.54 Å². The molecule has 0 amide bonds. The van der Waals surface area contributed by atoms with E-state index in [9.17, 15) is 0 Å². The van der Waals surface area contributed by atoms with Crippen molar-refractivity contribution in [2.75, 3.05) is 6.54 Å². The van der Waals surface area contributed by atoms with Crippen LogP contribution in [0, 0.1) is 5.41 Å². The largest absolute Gasteiger partial charge is 0.288 e. The zero-order valence-electron chi connectivity index (χ0n) is 4.39. The summed E-state index contributed by atoms with van der Waals surface area (Å²) in [5.74, 6) is 0. The molecule has 3 heteroatoms. The molecule has 0 rings (SSSR count). The van der Waals surface area contributed by atoms with Crippen LogP contribution in [0.3, 0.4) is 0 Å². The molecule has 0 saturated heterocycles. The molecule has 0 aliphatic heterocycles. The molecular formula is C4H9N3. The fourth-order valence-electron chi connectivity index (χ4n) is 0.199. The third kappa shape index (κ3) is 5.27. The lowest BCUT2D eigenvalue weighted by molar-refractivity contribution is 0.885. The zero-order valence-corrected chi connectivity index (χ0v) is 4.39. The minimum absolute atomic E-state index is 0.732. The van der Waals surface area contributed by atoms with Crippen LogP contribution < -0.4 is 0 Å². The Balaban J connectivity index is 2.92. The molecule has 0 radical (unpaired) electrons. The summed E-state index contributed by atoms with van der Waals surface area (Å²) < 4.78 is 0. The Hall–Kier alpha value is -0.730. The van der Waals surface area contributed by atoms with Crippen molar-refractivity contribution in [2.24, 2.45) is 10.2 Å². The Kier molecular flexibility index (Phi) is 4.72. The van der Waals surface area contributed by atoms with Crippen molar-refractivity contribution >= 4 is 6.34 Å². The second kappa shape index (κ2) is 5.27. The van der Waals surface area contributed by atoms with Crippen LogP contribution in [0.4, 0.5) is 0 Å². The van der Waals surface area contributed by atoms with Crippen molar-refractivity contribution in [3.8, 4) is 0 Å². The van der Waals surface area contributed by atoms with E-state index in [4.69, 9.17) is 5.41 Å². The molecule has 0 aromatic carbocycles. The average molecular weight is 99.1 g/mol. The average Bonchev–Trinajstić information content (AvgIpc) is 1.69. The lowest BCUT2D eigenvalue weighted by Crippen LogP contribution is -1.70. The third-order valence-corrected chi connectivity index (χ3v) is 0.463. The van der Waals surface area contributed by atoms with Crippen molar-refractivity contribution in [3.05, 3.63) is 0 Å². The highest BCUT2D eigenvalue weighted by Crippen LogP contribution is 1.75. The van der Waals surface area contributed by atoms with Gasteiger partial charge in [-0.2, -0.15) is 5.11 Å². The Labute approximate surface area is 43.0 Å². The van der Waals surface area contributed by atoms with Gasteiger partial charge in [0.25, 0.3) is 0 Å². The molecule has 3 nitrogen and oxygen atoms in total. The third-order valence-electron chi connectivity index (χ3n) is 0.463.